The zero-order valence-electron chi connectivity index (χ0n) is 9.52. The number of rotatable bonds is 1. The van der Waals surface area contributed by atoms with Gasteiger partial charge in [0.05, 0.1) is 5.57 Å². The van der Waals surface area contributed by atoms with Crippen molar-refractivity contribution in [3.05, 3.63) is 35.5 Å². The van der Waals surface area contributed by atoms with Gasteiger partial charge in [-0.05, 0) is 30.3 Å². The lowest BCUT2D eigenvalue weighted by atomic mass is 9.63. The molecule has 1 saturated heterocycles. The monoisotopic (exact) mass is 229 g/mol. The molecule has 4 atom stereocenters. The fraction of sp³-hybridized carbons (Fsp3) is 0.500. The van der Waals surface area contributed by atoms with Gasteiger partial charge in [-0.3, -0.25) is 0 Å². The van der Waals surface area contributed by atoms with Crippen molar-refractivity contribution in [2.75, 3.05) is 6.54 Å². The first kappa shape index (κ1) is 9.66. The second-order valence-electron chi connectivity index (χ2n) is 5.59. The Hall–Kier alpha value is -1.35. The van der Waals surface area contributed by atoms with E-state index in [1.54, 1.807) is 6.08 Å². The summed E-state index contributed by atoms with van der Waals surface area (Å²) in [5.41, 5.74) is 2.18. The standard InChI is InChI=1S/C14H15NO2/c16-13(17)9-2-1-8-3-4-12-14(11(8)5-9)6-10(14)7-15-12/h1-2,5-6,8,11-12,15H,3-4,7H2,(H,16,17). The first-order chi connectivity index (χ1) is 8.22. The zero-order chi connectivity index (χ0) is 11.6. The Balaban J connectivity index is 1.74. The van der Waals surface area contributed by atoms with E-state index in [2.05, 4.69) is 17.5 Å². The molecule has 4 unspecified atom stereocenters. The molecule has 0 amide bonds. The lowest BCUT2D eigenvalue weighted by molar-refractivity contribution is -0.132. The van der Waals surface area contributed by atoms with Crippen molar-refractivity contribution in [2.45, 2.75) is 18.9 Å². The summed E-state index contributed by atoms with van der Waals surface area (Å²) in [4.78, 5) is 11.1. The average molecular weight is 229 g/mol. The van der Waals surface area contributed by atoms with Crippen LogP contribution in [-0.2, 0) is 4.79 Å². The SMILES string of the molecule is O=C(O)C1=CC2C(C=C1)CCC1NCC3=CC312. The van der Waals surface area contributed by atoms with Crippen LogP contribution in [0.25, 0.3) is 0 Å². The first-order valence-corrected chi connectivity index (χ1v) is 6.31. The second kappa shape index (κ2) is 2.91. The summed E-state index contributed by atoms with van der Waals surface area (Å²) in [7, 11) is 0. The number of carboxylic acid groups (broad SMARTS) is 1. The van der Waals surface area contributed by atoms with Gasteiger partial charge >= 0.3 is 5.97 Å². The number of hydrogen-bond donors (Lipinski definition) is 2. The van der Waals surface area contributed by atoms with Gasteiger partial charge in [0, 0.05) is 18.0 Å². The predicted molar refractivity (Wildman–Crippen MR) is 63.4 cm³/mol. The highest BCUT2D eigenvalue weighted by Crippen LogP contribution is 2.63. The molecule has 0 bridgehead atoms. The minimum Gasteiger partial charge on any atom is -0.478 e. The van der Waals surface area contributed by atoms with Gasteiger partial charge in [-0.1, -0.05) is 24.3 Å². The Labute approximate surface area is 99.9 Å². The summed E-state index contributed by atoms with van der Waals surface area (Å²) in [6, 6.07) is 0.552. The van der Waals surface area contributed by atoms with Crippen LogP contribution in [0, 0.1) is 17.3 Å². The third kappa shape index (κ3) is 1.08. The molecular weight excluding hydrogens is 214 g/mol. The van der Waals surface area contributed by atoms with E-state index in [1.165, 1.54) is 18.4 Å². The topological polar surface area (TPSA) is 49.3 Å². The molecule has 2 fully saturated rings. The van der Waals surface area contributed by atoms with Gasteiger partial charge in [0.25, 0.3) is 0 Å². The van der Waals surface area contributed by atoms with Crippen LogP contribution in [0.15, 0.2) is 35.5 Å². The highest BCUT2D eigenvalue weighted by molar-refractivity contribution is 5.90. The molecule has 88 valence electrons. The van der Waals surface area contributed by atoms with Crippen molar-refractivity contribution in [3.63, 3.8) is 0 Å². The maximum Gasteiger partial charge on any atom is 0.335 e. The normalized spacial score (nSPS) is 45.3. The number of nitrogens with one attached hydrogen (secondary N) is 1. The number of hydrogen-bond acceptors (Lipinski definition) is 2. The maximum absolute atomic E-state index is 11.1. The molecule has 4 rings (SSSR count). The molecule has 2 N–H and O–H groups in total. The molecule has 0 aromatic carbocycles. The van der Waals surface area contributed by atoms with E-state index >= 15 is 0 Å². The van der Waals surface area contributed by atoms with E-state index in [4.69, 9.17) is 5.11 Å². The van der Waals surface area contributed by atoms with Crippen molar-refractivity contribution >= 4 is 5.97 Å². The summed E-state index contributed by atoms with van der Waals surface area (Å²) < 4.78 is 0. The van der Waals surface area contributed by atoms with Gasteiger partial charge < -0.3 is 10.4 Å². The number of allylic oxidation sites excluding steroid dienone is 2. The van der Waals surface area contributed by atoms with Crippen LogP contribution >= 0.6 is 0 Å². The van der Waals surface area contributed by atoms with Gasteiger partial charge in [0.15, 0.2) is 0 Å². The van der Waals surface area contributed by atoms with Crippen molar-refractivity contribution in [2.24, 2.45) is 17.3 Å². The van der Waals surface area contributed by atoms with Crippen LogP contribution in [0.1, 0.15) is 12.8 Å². The van der Waals surface area contributed by atoms with E-state index in [1.807, 2.05) is 6.08 Å². The van der Waals surface area contributed by atoms with Gasteiger partial charge in [0.2, 0.25) is 0 Å². The van der Waals surface area contributed by atoms with Gasteiger partial charge in [-0.2, -0.15) is 0 Å². The fourth-order valence-corrected chi connectivity index (χ4v) is 4.06. The van der Waals surface area contributed by atoms with Crippen LogP contribution < -0.4 is 5.32 Å². The number of aliphatic carboxylic acids is 1. The summed E-state index contributed by atoms with van der Waals surface area (Å²) >= 11 is 0. The first-order valence-electron chi connectivity index (χ1n) is 6.31. The van der Waals surface area contributed by atoms with Crippen molar-refractivity contribution in [1.82, 2.24) is 5.32 Å². The van der Waals surface area contributed by atoms with E-state index < -0.39 is 5.97 Å². The van der Waals surface area contributed by atoms with Gasteiger partial charge in [-0.25, -0.2) is 4.79 Å². The lowest BCUT2D eigenvalue weighted by Gasteiger charge is -2.41. The van der Waals surface area contributed by atoms with Gasteiger partial charge in [0.1, 0.15) is 0 Å². The van der Waals surface area contributed by atoms with Crippen LogP contribution in [0.4, 0.5) is 0 Å². The molecule has 3 nitrogen and oxygen atoms in total. The smallest absolute Gasteiger partial charge is 0.335 e. The Morgan fingerprint density at radius 2 is 2.35 bits per heavy atom. The quantitative estimate of drug-likeness (QED) is 0.670. The maximum atomic E-state index is 11.1. The Bertz CT molecular complexity index is 502. The third-order valence-corrected chi connectivity index (χ3v) is 4.93. The molecule has 1 saturated carbocycles. The average Bonchev–Trinajstić information content (AvgIpc) is 2.94. The Morgan fingerprint density at radius 3 is 3.12 bits per heavy atom. The molecule has 3 aliphatic carbocycles. The van der Waals surface area contributed by atoms with Crippen molar-refractivity contribution in [1.29, 1.82) is 0 Å². The minimum absolute atomic E-state index is 0.203. The van der Waals surface area contributed by atoms with Crippen molar-refractivity contribution in [3.8, 4) is 0 Å². The van der Waals surface area contributed by atoms with E-state index in [0.717, 1.165) is 6.54 Å². The summed E-state index contributed by atoms with van der Waals surface area (Å²) in [5.74, 6) is 0.108. The molecule has 0 aromatic rings. The molecule has 0 radical (unpaired) electrons. The molecule has 1 aliphatic heterocycles. The third-order valence-electron chi connectivity index (χ3n) is 4.93. The van der Waals surface area contributed by atoms with Crippen LogP contribution in [0.2, 0.25) is 0 Å². The van der Waals surface area contributed by atoms with Crippen LogP contribution in [0.3, 0.4) is 0 Å². The van der Waals surface area contributed by atoms with E-state index in [-0.39, 0.29) is 5.41 Å². The lowest BCUT2D eigenvalue weighted by Crippen LogP contribution is -2.44. The predicted octanol–water partition coefficient (Wildman–Crippen LogP) is 1.49. The largest absolute Gasteiger partial charge is 0.478 e. The molecule has 4 aliphatic rings. The second-order valence-corrected chi connectivity index (χ2v) is 5.59. The highest BCUT2D eigenvalue weighted by Gasteiger charge is 2.61. The Morgan fingerprint density at radius 1 is 1.47 bits per heavy atom. The zero-order valence-corrected chi connectivity index (χ0v) is 9.52. The summed E-state index contributed by atoms with van der Waals surface area (Å²) in [6.07, 6.45) is 10.6. The molecular formula is C14H15NO2. The van der Waals surface area contributed by atoms with Crippen LogP contribution in [0.5, 0.6) is 0 Å². The van der Waals surface area contributed by atoms with E-state index in [9.17, 15) is 4.79 Å². The summed E-state index contributed by atoms with van der Waals surface area (Å²) in [5, 5.41) is 12.7. The Kier molecular flexibility index (Phi) is 1.65. The number of carboxylic acids is 1. The van der Waals surface area contributed by atoms with Gasteiger partial charge in [-0.15, -0.1) is 0 Å². The van der Waals surface area contributed by atoms with Crippen molar-refractivity contribution < 1.29 is 9.90 Å². The molecule has 0 aromatic heterocycles. The fourth-order valence-electron chi connectivity index (χ4n) is 4.06. The molecule has 1 heterocycles. The minimum atomic E-state index is -0.800. The molecule has 3 heteroatoms. The molecule has 1 spiro atoms. The number of carbonyl (C=O) groups is 1. The number of fused-ring (bicyclic) bond motifs is 1. The highest BCUT2D eigenvalue weighted by atomic mass is 16.4. The molecule has 17 heavy (non-hydrogen) atoms. The summed E-state index contributed by atoms with van der Waals surface area (Å²) in [6.45, 7) is 1.01. The van der Waals surface area contributed by atoms with E-state index in [0.29, 0.717) is 23.5 Å². The van der Waals surface area contributed by atoms with Crippen LogP contribution in [-0.4, -0.2) is 23.7 Å².